The van der Waals surface area contributed by atoms with Crippen LogP contribution in [0.5, 0.6) is 0 Å². The molecule has 0 bridgehead atoms. The summed E-state index contributed by atoms with van der Waals surface area (Å²) in [6, 6.07) is 7.25. The Morgan fingerprint density at radius 1 is 1.00 bits per heavy atom. The van der Waals surface area contributed by atoms with E-state index in [1.54, 1.807) is 17.0 Å². The minimum absolute atomic E-state index is 0.0337. The summed E-state index contributed by atoms with van der Waals surface area (Å²) in [5.74, 6) is -0.0337. The van der Waals surface area contributed by atoms with E-state index in [1.807, 2.05) is 45.0 Å². The number of carbonyl (C=O) groups excluding carboxylic acids is 1. The van der Waals surface area contributed by atoms with Crippen molar-refractivity contribution in [3.63, 3.8) is 0 Å². The van der Waals surface area contributed by atoms with Gasteiger partial charge in [0.15, 0.2) is 0 Å². The van der Waals surface area contributed by atoms with Gasteiger partial charge >= 0.3 is 0 Å². The zero-order chi connectivity index (χ0) is 17.6. The molecule has 0 unspecified atom stereocenters. The third-order valence-corrected chi connectivity index (χ3v) is 4.89. The molecule has 0 aliphatic heterocycles. The monoisotopic (exact) mass is 341 g/mol. The van der Waals surface area contributed by atoms with E-state index >= 15 is 0 Å². The number of hydrogen-bond acceptors (Lipinski definition) is 4. The molecule has 0 aliphatic carbocycles. The second kappa shape index (κ2) is 8.19. The quantitative estimate of drug-likeness (QED) is 0.723. The van der Waals surface area contributed by atoms with Gasteiger partial charge in [-0.3, -0.25) is 9.10 Å². The summed E-state index contributed by atoms with van der Waals surface area (Å²) in [4.78, 5) is 15.8. The van der Waals surface area contributed by atoms with Crippen molar-refractivity contribution in [3.05, 3.63) is 24.3 Å². The molecule has 0 aromatic heterocycles. The van der Waals surface area contributed by atoms with Gasteiger partial charge in [0.2, 0.25) is 15.9 Å². The Hall–Kier alpha value is -1.76. The number of amides is 1. The summed E-state index contributed by atoms with van der Waals surface area (Å²) in [5, 5.41) is 0. The fourth-order valence-corrected chi connectivity index (χ4v) is 3.26. The Bertz CT molecular complexity index is 608. The highest BCUT2D eigenvalue weighted by molar-refractivity contribution is 7.92. The van der Waals surface area contributed by atoms with Crippen LogP contribution in [0.2, 0.25) is 0 Å². The Morgan fingerprint density at radius 3 is 1.87 bits per heavy atom. The fourth-order valence-electron chi connectivity index (χ4n) is 2.34. The lowest BCUT2D eigenvalue weighted by atomic mass is 10.2. The van der Waals surface area contributed by atoms with Crippen LogP contribution in [-0.4, -0.2) is 59.2 Å². The molecule has 0 fully saturated rings. The van der Waals surface area contributed by atoms with Gasteiger partial charge in [0.25, 0.3) is 0 Å². The number of anilines is 2. The van der Waals surface area contributed by atoms with Crippen LogP contribution >= 0.6 is 0 Å². The average molecular weight is 341 g/mol. The molecule has 0 N–H and O–H groups in total. The van der Waals surface area contributed by atoms with Crippen LogP contribution < -0.4 is 9.21 Å². The summed E-state index contributed by atoms with van der Waals surface area (Å²) in [5.41, 5.74) is 1.56. The van der Waals surface area contributed by atoms with E-state index in [-0.39, 0.29) is 18.9 Å². The van der Waals surface area contributed by atoms with Crippen LogP contribution in [0, 0.1) is 0 Å². The van der Waals surface area contributed by atoms with Crippen molar-refractivity contribution in [3.8, 4) is 0 Å². The normalized spacial score (nSPS) is 11.2. The predicted molar refractivity (Wildman–Crippen MR) is 95.5 cm³/mol. The molecular formula is C16H27N3O3S. The lowest BCUT2D eigenvalue weighted by molar-refractivity contribution is -0.130. The molecule has 0 spiro atoms. The lowest BCUT2D eigenvalue weighted by Crippen LogP contribution is -2.36. The molecule has 0 atom stereocenters. The Labute approximate surface area is 139 Å². The van der Waals surface area contributed by atoms with Gasteiger partial charge < -0.3 is 9.80 Å². The SMILES string of the molecule is CCN(CC)C(=O)CCN(c1ccc(N(C)C)cc1)S(C)(=O)=O. The summed E-state index contributed by atoms with van der Waals surface area (Å²) in [6.45, 7) is 5.23. The molecular weight excluding hydrogens is 314 g/mol. The van der Waals surface area contributed by atoms with Crippen molar-refractivity contribution in [2.45, 2.75) is 20.3 Å². The van der Waals surface area contributed by atoms with Crippen molar-refractivity contribution in [2.24, 2.45) is 0 Å². The van der Waals surface area contributed by atoms with E-state index in [1.165, 1.54) is 4.31 Å². The first-order valence-corrected chi connectivity index (χ1v) is 9.58. The molecule has 7 heteroatoms. The van der Waals surface area contributed by atoms with Crippen LogP contribution in [0.1, 0.15) is 20.3 Å². The van der Waals surface area contributed by atoms with Crippen LogP contribution in [0.25, 0.3) is 0 Å². The second-order valence-corrected chi connectivity index (χ2v) is 7.47. The van der Waals surface area contributed by atoms with E-state index in [0.29, 0.717) is 18.8 Å². The number of benzene rings is 1. The highest BCUT2D eigenvalue weighted by Gasteiger charge is 2.20. The molecule has 130 valence electrons. The molecule has 0 saturated carbocycles. The zero-order valence-electron chi connectivity index (χ0n) is 14.6. The molecule has 1 aromatic carbocycles. The van der Waals surface area contributed by atoms with E-state index in [0.717, 1.165) is 11.9 Å². The molecule has 1 aromatic rings. The molecule has 23 heavy (non-hydrogen) atoms. The average Bonchev–Trinajstić information content (AvgIpc) is 2.47. The summed E-state index contributed by atoms with van der Waals surface area (Å²) in [7, 11) is 0.409. The Kier molecular flexibility index (Phi) is 6.87. The Balaban J connectivity index is 2.92. The summed E-state index contributed by atoms with van der Waals surface area (Å²) in [6.07, 6.45) is 1.33. The number of sulfonamides is 1. The number of carbonyl (C=O) groups is 1. The molecule has 0 heterocycles. The summed E-state index contributed by atoms with van der Waals surface area (Å²) < 4.78 is 25.4. The minimum atomic E-state index is -3.44. The van der Waals surface area contributed by atoms with Gasteiger partial charge in [-0.1, -0.05) is 0 Å². The van der Waals surface area contributed by atoms with Crippen molar-refractivity contribution in [2.75, 3.05) is 49.2 Å². The van der Waals surface area contributed by atoms with Gasteiger partial charge in [-0.25, -0.2) is 8.42 Å². The number of rotatable bonds is 8. The van der Waals surface area contributed by atoms with E-state index in [9.17, 15) is 13.2 Å². The van der Waals surface area contributed by atoms with Gasteiger partial charge in [-0.05, 0) is 38.1 Å². The maximum absolute atomic E-state index is 12.1. The van der Waals surface area contributed by atoms with E-state index in [2.05, 4.69) is 0 Å². The maximum Gasteiger partial charge on any atom is 0.232 e. The summed E-state index contributed by atoms with van der Waals surface area (Å²) >= 11 is 0. The molecule has 0 aliphatic rings. The smallest absolute Gasteiger partial charge is 0.232 e. The van der Waals surface area contributed by atoms with Crippen LogP contribution in [0.3, 0.4) is 0 Å². The predicted octanol–water partition coefficient (Wildman–Crippen LogP) is 1.78. The van der Waals surface area contributed by atoms with Gasteiger partial charge in [-0.15, -0.1) is 0 Å². The second-order valence-electron chi connectivity index (χ2n) is 5.56. The Morgan fingerprint density at radius 2 is 1.48 bits per heavy atom. The third-order valence-electron chi connectivity index (χ3n) is 3.70. The first kappa shape index (κ1) is 19.3. The van der Waals surface area contributed by atoms with Crippen molar-refractivity contribution in [1.82, 2.24) is 4.90 Å². The van der Waals surface area contributed by atoms with Gasteiger partial charge in [0, 0.05) is 45.8 Å². The van der Waals surface area contributed by atoms with E-state index < -0.39 is 10.0 Å². The first-order chi connectivity index (χ1) is 10.7. The molecule has 0 radical (unpaired) electrons. The van der Waals surface area contributed by atoms with Crippen molar-refractivity contribution >= 4 is 27.3 Å². The maximum atomic E-state index is 12.1. The van der Waals surface area contributed by atoms with Crippen molar-refractivity contribution < 1.29 is 13.2 Å². The third kappa shape index (κ3) is 5.42. The minimum Gasteiger partial charge on any atom is -0.378 e. The van der Waals surface area contributed by atoms with Crippen molar-refractivity contribution in [1.29, 1.82) is 0 Å². The highest BCUT2D eigenvalue weighted by atomic mass is 32.2. The zero-order valence-corrected chi connectivity index (χ0v) is 15.4. The molecule has 1 rings (SSSR count). The topological polar surface area (TPSA) is 60.9 Å². The van der Waals surface area contributed by atoms with Gasteiger partial charge in [0.1, 0.15) is 0 Å². The van der Waals surface area contributed by atoms with Gasteiger partial charge in [0.05, 0.1) is 11.9 Å². The highest BCUT2D eigenvalue weighted by Crippen LogP contribution is 2.22. The van der Waals surface area contributed by atoms with Crippen LogP contribution in [0.15, 0.2) is 24.3 Å². The number of nitrogens with zero attached hydrogens (tertiary/aromatic N) is 3. The first-order valence-electron chi connectivity index (χ1n) is 7.73. The fraction of sp³-hybridized carbons (Fsp3) is 0.562. The molecule has 6 nitrogen and oxygen atoms in total. The molecule has 0 saturated heterocycles. The van der Waals surface area contributed by atoms with E-state index in [4.69, 9.17) is 0 Å². The van der Waals surface area contributed by atoms with Crippen LogP contribution in [-0.2, 0) is 14.8 Å². The van der Waals surface area contributed by atoms with Crippen LogP contribution in [0.4, 0.5) is 11.4 Å². The lowest BCUT2D eigenvalue weighted by Gasteiger charge is -2.25. The standard InChI is InChI=1S/C16H27N3O3S/c1-6-18(7-2)16(20)12-13-19(23(5,21)22)15-10-8-14(9-11-15)17(3)4/h8-11H,6-7,12-13H2,1-5H3. The largest absolute Gasteiger partial charge is 0.378 e. The number of hydrogen-bond donors (Lipinski definition) is 0. The molecule has 1 amide bonds. The van der Waals surface area contributed by atoms with Gasteiger partial charge in [-0.2, -0.15) is 0 Å².